The van der Waals surface area contributed by atoms with Gasteiger partial charge in [-0.05, 0) is 26.0 Å². The highest BCUT2D eigenvalue weighted by Gasteiger charge is 2.32. The number of nitrogens with one attached hydrogen (secondary N) is 1. The number of anilines is 1. The van der Waals surface area contributed by atoms with Gasteiger partial charge in [0, 0.05) is 50.5 Å². The molecule has 178 valence electrons. The van der Waals surface area contributed by atoms with Gasteiger partial charge in [-0.3, -0.25) is 24.2 Å². The molecule has 2 unspecified atom stereocenters. The van der Waals surface area contributed by atoms with Crippen molar-refractivity contribution in [3.05, 3.63) is 48.3 Å². The molecule has 0 aromatic carbocycles. The average molecular weight is 476 g/mol. The zero-order valence-electron chi connectivity index (χ0n) is 19.3. The molecule has 2 atom stereocenters. The molecule has 3 aromatic heterocycles. The van der Waals surface area contributed by atoms with E-state index >= 15 is 0 Å². The van der Waals surface area contributed by atoms with Crippen LogP contribution in [0.5, 0.6) is 0 Å². The van der Waals surface area contributed by atoms with E-state index in [9.17, 15) is 8.42 Å². The topological polar surface area (TPSA) is 134 Å². The quantitative estimate of drug-likeness (QED) is 0.443. The molecular weight excluding hydrogens is 446 g/mol. The Balaban J connectivity index is 1.97. The molecule has 11 nitrogen and oxygen atoms in total. The molecule has 0 aliphatic rings. The second-order valence-corrected chi connectivity index (χ2v) is 9.78. The number of aromatic nitrogens is 6. The highest BCUT2D eigenvalue weighted by Crippen LogP contribution is 2.28. The average Bonchev–Trinajstić information content (AvgIpc) is 3.21. The number of methoxy groups -OCH3 is 2. The van der Waals surface area contributed by atoms with Crippen LogP contribution in [0.15, 0.2) is 36.9 Å². The first kappa shape index (κ1) is 24.7. The number of hydrogen-bond acceptors (Lipinski definition) is 9. The molecule has 0 saturated carbocycles. The van der Waals surface area contributed by atoms with Crippen molar-refractivity contribution >= 4 is 16.0 Å². The maximum atomic E-state index is 13.3. The Morgan fingerprint density at radius 1 is 1.06 bits per heavy atom. The van der Waals surface area contributed by atoms with Crippen LogP contribution in [0.25, 0.3) is 11.4 Å². The summed E-state index contributed by atoms with van der Waals surface area (Å²) in [5, 5.41) is 7.57. The van der Waals surface area contributed by atoms with Crippen molar-refractivity contribution < 1.29 is 17.9 Å². The molecule has 0 radical (unpaired) electrons. The summed E-state index contributed by atoms with van der Waals surface area (Å²) >= 11 is 0. The van der Waals surface area contributed by atoms with E-state index in [-0.39, 0.29) is 25.2 Å². The number of rotatable bonds is 11. The predicted molar refractivity (Wildman–Crippen MR) is 123 cm³/mol. The summed E-state index contributed by atoms with van der Waals surface area (Å²) in [7, 11) is -0.739. The van der Waals surface area contributed by atoms with Gasteiger partial charge >= 0.3 is 0 Å². The Hall–Kier alpha value is -2.96. The van der Waals surface area contributed by atoms with Crippen molar-refractivity contribution in [3.8, 4) is 11.4 Å². The lowest BCUT2D eigenvalue weighted by molar-refractivity contribution is 0.0909. The standard InChI is InChI=1S/C21H29N7O4S/c1-14-9-24-19(11-23-14)15(2)16(3)33(29,30)27-21-26-25-20(17-7-6-8-22-10-17)28(21)18(12-31-4)13-32-5/h6-11,15-16,18H,12-13H2,1-5H3,(H,26,27). The molecule has 3 aromatic rings. The Morgan fingerprint density at radius 3 is 2.36 bits per heavy atom. The van der Waals surface area contributed by atoms with Crippen molar-refractivity contribution in [2.24, 2.45) is 0 Å². The third-order valence-electron chi connectivity index (χ3n) is 5.39. The summed E-state index contributed by atoms with van der Waals surface area (Å²) in [4.78, 5) is 12.7. The van der Waals surface area contributed by atoms with Gasteiger partial charge in [-0.1, -0.05) is 6.92 Å². The molecule has 1 N–H and O–H groups in total. The normalized spacial score (nSPS) is 13.8. The minimum absolute atomic E-state index is 0.0713. The van der Waals surface area contributed by atoms with Crippen LogP contribution < -0.4 is 4.72 Å². The van der Waals surface area contributed by atoms with E-state index in [0.29, 0.717) is 17.1 Å². The van der Waals surface area contributed by atoms with Gasteiger partial charge in [0.05, 0.1) is 35.9 Å². The number of nitrogens with zero attached hydrogens (tertiary/aromatic N) is 6. The molecule has 33 heavy (non-hydrogen) atoms. The zero-order chi connectivity index (χ0) is 24.0. The molecule has 0 bridgehead atoms. The van der Waals surface area contributed by atoms with Gasteiger partial charge in [0.1, 0.15) is 0 Å². The molecule has 0 saturated heterocycles. The summed E-state index contributed by atoms with van der Waals surface area (Å²) in [6.45, 7) is 5.77. The number of ether oxygens (including phenoxy) is 2. The van der Waals surface area contributed by atoms with Crippen molar-refractivity contribution in [1.29, 1.82) is 0 Å². The van der Waals surface area contributed by atoms with Crippen LogP contribution in [-0.2, 0) is 19.5 Å². The van der Waals surface area contributed by atoms with Crippen LogP contribution in [0, 0.1) is 6.92 Å². The van der Waals surface area contributed by atoms with Crippen LogP contribution in [0.1, 0.15) is 37.2 Å². The Bertz CT molecular complexity index is 1130. The highest BCUT2D eigenvalue weighted by molar-refractivity contribution is 7.93. The summed E-state index contributed by atoms with van der Waals surface area (Å²) in [5.41, 5.74) is 2.04. The fourth-order valence-electron chi connectivity index (χ4n) is 3.35. The van der Waals surface area contributed by atoms with Crippen LogP contribution >= 0.6 is 0 Å². The van der Waals surface area contributed by atoms with E-state index in [2.05, 4.69) is 29.9 Å². The molecule has 3 heterocycles. The third-order valence-corrected chi connectivity index (χ3v) is 7.25. The molecule has 0 aliphatic heterocycles. The van der Waals surface area contributed by atoms with E-state index < -0.39 is 21.2 Å². The molecule has 12 heteroatoms. The van der Waals surface area contributed by atoms with Gasteiger partial charge in [-0.2, -0.15) is 0 Å². The molecular formula is C21H29N7O4S. The van der Waals surface area contributed by atoms with Crippen molar-refractivity contribution in [1.82, 2.24) is 29.7 Å². The van der Waals surface area contributed by atoms with Gasteiger partial charge in [-0.25, -0.2) is 8.42 Å². The minimum Gasteiger partial charge on any atom is -0.382 e. The second-order valence-electron chi connectivity index (χ2n) is 7.75. The lowest BCUT2D eigenvalue weighted by atomic mass is 10.1. The van der Waals surface area contributed by atoms with Crippen molar-refractivity contribution in [2.45, 2.75) is 38.0 Å². The smallest absolute Gasteiger partial charge is 0.238 e. The number of aryl methyl sites for hydroxylation is 1. The van der Waals surface area contributed by atoms with Gasteiger partial charge < -0.3 is 9.47 Å². The van der Waals surface area contributed by atoms with Crippen LogP contribution in [0.4, 0.5) is 5.95 Å². The summed E-state index contributed by atoms with van der Waals surface area (Å²) in [6.07, 6.45) is 6.50. The first-order chi connectivity index (χ1) is 15.8. The van der Waals surface area contributed by atoms with Crippen LogP contribution in [0.3, 0.4) is 0 Å². The van der Waals surface area contributed by atoms with Crippen molar-refractivity contribution in [2.75, 3.05) is 32.2 Å². The van der Waals surface area contributed by atoms with E-state index in [1.54, 1.807) is 63.5 Å². The molecule has 3 rings (SSSR count). The summed E-state index contributed by atoms with van der Waals surface area (Å²) in [6, 6.07) is 3.22. The number of sulfonamides is 1. The maximum Gasteiger partial charge on any atom is 0.238 e. The van der Waals surface area contributed by atoms with Crippen LogP contribution in [-0.4, -0.2) is 70.8 Å². The number of pyridine rings is 1. The summed E-state index contributed by atoms with van der Waals surface area (Å²) < 4.78 is 41.6. The molecule has 0 spiro atoms. The molecule has 0 aliphatic carbocycles. The SMILES string of the molecule is COCC(COC)n1c(NS(=O)(=O)C(C)C(C)c2cnc(C)cn2)nnc1-c1cccnc1. The first-order valence-corrected chi connectivity index (χ1v) is 12.0. The van der Waals surface area contributed by atoms with E-state index in [4.69, 9.17) is 9.47 Å². The molecule has 0 amide bonds. The second kappa shape index (κ2) is 10.8. The monoisotopic (exact) mass is 475 g/mol. The number of hydrogen-bond donors (Lipinski definition) is 1. The van der Waals surface area contributed by atoms with E-state index in [1.807, 2.05) is 13.0 Å². The van der Waals surface area contributed by atoms with Crippen molar-refractivity contribution in [3.63, 3.8) is 0 Å². The van der Waals surface area contributed by atoms with E-state index in [1.165, 1.54) is 0 Å². The van der Waals surface area contributed by atoms with Gasteiger partial charge in [0.15, 0.2) is 5.82 Å². The fourth-order valence-corrected chi connectivity index (χ4v) is 4.60. The van der Waals surface area contributed by atoms with Gasteiger partial charge in [0.2, 0.25) is 16.0 Å². The highest BCUT2D eigenvalue weighted by atomic mass is 32.2. The zero-order valence-corrected chi connectivity index (χ0v) is 20.2. The predicted octanol–water partition coefficient (Wildman–Crippen LogP) is 2.21. The Labute approximate surface area is 193 Å². The van der Waals surface area contributed by atoms with Crippen LogP contribution in [0.2, 0.25) is 0 Å². The maximum absolute atomic E-state index is 13.3. The first-order valence-electron chi connectivity index (χ1n) is 10.4. The largest absolute Gasteiger partial charge is 0.382 e. The lowest BCUT2D eigenvalue weighted by Crippen LogP contribution is -2.32. The van der Waals surface area contributed by atoms with Gasteiger partial charge in [0.25, 0.3) is 0 Å². The Morgan fingerprint density at radius 2 is 1.79 bits per heavy atom. The molecule has 0 fully saturated rings. The van der Waals surface area contributed by atoms with Gasteiger partial charge in [-0.15, -0.1) is 10.2 Å². The fraction of sp³-hybridized carbons (Fsp3) is 0.476. The minimum atomic E-state index is -3.86. The summed E-state index contributed by atoms with van der Waals surface area (Å²) in [5.74, 6) is 0.116. The Kier molecular flexibility index (Phi) is 8.06. The van der Waals surface area contributed by atoms with E-state index in [0.717, 1.165) is 5.69 Å². The third kappa shape index (κ3) is 5.70. The lowest BCUT2D eigenvalue weighted by Gasteiger charge is -2.23.